The second-order valence-corrected chi connectivity index (χ2v) is 8.57. The first-order valence-corrected chi connectivity index (χ1v) is 12.7. The summed E-state index contributed by atoms with van der Waals surface area (Å²) in [5.41, 5.74) is 1.74. The minimum atomic E-state index is -0.826. The molecule has 2 atom stereocenters. The van der Waals surface area contributed by atoms with Crippen molar-refractivity contribution in [2.45, 2.75) is 39.2 Å². The molecular weight excluding hydrogens is 360 g/mol. The molecule has 1 aromatic rings. The topological polar surface area (TPSA) is 32.6 Å². The molecule has 1 fully saturated rings. The van der Waals surface area contributed by atoms with Gasteiger partial charge in [0.2, 0.25) is 0 Å². The number of halogens is 2. The number of aliphatic imine (C=N–C) groups is 1. The van der Waals surface area contributed by atoms with Crippen molar-refractivity contribution in [1.82, 2.24) is 0 Å². The van der Waals surface area contributed by atoms with Gasteiger partial charge in [0.05, 0.1) is 6.04 Å². The number of aryl methyl sites for hydroxylation is 1. The fourth-order valence-corrected chi connectivity index (χ4v) is 2.31. The van der Waals surface area contributed by atoms with Crippen molar-refractivity contribution in [2.75, 3.05) is 0 Å². The third kappa shape index (κ3) is 5.57. The number of hydrogen-bond acceptors (Lipinski definition) is 2. The molecule has 1 aliphatic carbocycles. The average molecular weight is 379 g/mol. The Morgan fingerprint density at radius 2 is 2.05 bits per heavy atom. The Morgan fingerprint density at radius 3 is 2.63 bits per heavy atom. The van der Waals surface area contributed by atoms with E-state index in [-0.39, 0.29) is 0 Å². The maximum atomic E-state index is 9.85. The second kappa shape index (κ2) is 9.16. The van der Waals surface area contributed by atoms with Gasteiger partial charge in [-0.05, 0) is 37.3 Å². The van der Waals surface area contributed by atoms with E-state index in [1.807, 2.05) is 31.3 Å². The molecule has 0 amide bonds. The van der Waals surface area contributed by atoms with Gasteiger partial charge in [0, 0.05) is 11.8 Å². The Kier molecular flexibility index (Phi) is 8.29. The Bertz CT molecular complexity index is 426. The summed E-state index contributed by atoms with van der Waals surface area (Å²) in [5.74, 6) is 1.04. The molecule has 1 N–H and O–H groups in total. The van der Waals surface area contributed by atoms with Crippen molar-refractivity contribution >= 4 is 23.2 Å². The molecule has 2 unspecified atom stereocenters. The summed E-state index contributed by atoms with van der Waals surface area (Å²) in [6.07, 6.45) is 5.57. The van der Waals surface area contributed by atoms with Crippen LogP contribution in [0.4, 0.5) is 0 Å². The summed E-state index contributed by atoms with van der Waals surface area (Å²) in [4.78, 5) is 4.59. The third-order valence-corrected chi connectivity index (χ3v) is 3.49. The normalized spacial score (nSPS) is 22.1. The quantitative estimate of drug-likeness (QED) is 0.744. The first-order chi connectivity index (χ1) is 9.10. The van der Waals surface area contributed by atoms with Crippen LogP contribution in [-0.4, -0.2) is 17.4 Å². The van der Waals surface area contributed by atoms with E-state index in [0.717, 1.165) is 11.1 Å². The van der Waals surface area contributed by atoms with E-state index in [1.54, 1.807) is 0 Å². The summed E-state index contributed by atoms with van der Waals surface area (Å²) in [7, 11) is 9.87. The molecule has 1 saturated carbocycles. The zero-order valence-electron chi connectivity index (χ0n) is 11.2. The van der Waals surface area contributed by atoms with E-state index in [1.165, 1.54) is 19.3 Å². The molecule has 1 aromatic carbocycles. The van der Waals surface area contributed by atoms with Crippen LogP contribution >= 0.6 is 17.0 Å². The van der Waals surface area contributed by atoms with Gasteiger partial charge < -0.3 is 5.11 Å². The van der Waals surface area contributed by atoms with Crippen molar-refractivity contribution in [2.24, 2.45) is 10.9 Å². The van der Waals surface area contributed by atoms with E-state index in [4.69, 9.17) is 17.0 Å². The van der Waals surface area contributed by atoms with Crippen LogP contribution in [0.3, 0.4) is 0 Å². The number of para-hydroxylation sites is 1. The second-order valence-electron chi connectivity index (χ2n) is 4.84. The standard InChI is InChI=1S/C14H19NO.2ClH.Zr/c1-10-5-4-8-13(10)15-9-12-7-3-6-11(2)14(12)16;;;/h3,6-7,9-10,13,16H,4-5,8H2,1-2H3;2*1H;/q;;;+2/p-2. The molecule has 0 aliphatic heterocycles. The molecular formula is C14H19Cl2NOZr. The Balaban J connectivity index is 0.000000550. The molecule has 0 bridgehead atoms. The zero-order chi connectivity index (χ0) is 14.3. The van der Waals surface area contributed by atoms with Gasteiger partial charge in [-0.25, -0.2) is 0 Å². The predicted molar refractivity (Wildman–Crippen MR) is 78.9 cm³/mol. The van der Waals surface area contributed by atoms with E-state index in [0.29, 0.717) is 17.7 Å². The van der Waals surface area contributed by atoms with Gasteiger partial charge in [-0.3, -0.25) is 4.99 Å². The van der Waals surface area contributed by atoms with Gasteiger partial charge in [-0.15, -0.1) is 0 Å². The Labute approximate surface area is 133 Å². The van der Waals surface area contributed by atoms with Crippen molar-refractivity contribution in [3.05, 3.63) is 29.3 Å². The van der Waals surface area contributed by atoms with E-state index in [9.17, 15) is 5.11 Å². The van der Waals surface area contributed by atoms with E-state index >= 15 is 0 Å². The molecule has 2 nitrogen and oxygen atoms in total. The molecule has 104 valence electrons. The van der Waals surface area contributed by atoms with Crippen molar-refractivity contribution in [3.63, 3.8) is 0 Å². The van der Waals surface area contributed by atoms with E-state index < -0.39 is 20.8 Å². The van der Waals surface area contributed by atoms with Crippen molar-refractivity contribution < 1.29 is 26.0 Å². The SMILES string of the molecule is Cc1cccc(C=NC2CCCC2C)c1O.[Cl][Zr][Cl]. The summed E-state index contributed by atoms with van der Waals surface area (Å²) in [6, 6.07) is 6.21. The number of phenolic OH excluding ortho intramolecular Hbond substituents is 1. The van der Waals surface area contributed by atoms with Crippen LogP contribution in [0.15, 0.2) is 23.2 Å². The minimum absolute atomic E-state index is 0.358. The maximum absolute atomic E-state index is 9.85. The fourth-order valence-electron chi connectivity index (χ4n) is 2.31. The van der Waals surface area contributed by atoms with Gasteiger partial charge in [0.25, 0.3) is 0 Å². The predicted octanol–water partition coefficient (Wildman–Crippen LogP) is 4.68. The van der Waals surface area contributed by atoms with Gasteiger partial charge in [-0.2, -0.15) is 0 Å². The number of nitrogens with zero attached hydrogens (tertiary/aromatic N) is 1. The molecule has 0 heterocycles. The van der Waals surface area contributed by atoms with Crippen LogP contribution in [-0.2, 0) is 20.8 Å². The van der Waals surface area contributed by atoms with Crippen LogP contribution in [0.2, 0.25) is 0 Å². The summed E-state index contributed by atoms with van der Waals surface area (Å²) >= 11 is -0.826. The summed E-state index contributed by atoms with van der Waals surface area (Å²) < 4.78 is 0. The van der Waals surface area contributed by atoms with Gasteiger partial charge >= 0.3 is 37.9 Å². The van der Waals surface area contributed by atoms with Gasteiger partial charge in [-0.1, -0.05) is 25.5 Å². The number of rotatable bonds is 2. The van der Waals surface area contributed by atoms with Crippen LogP contribution in [0.5, 0.6) is 5.75 Å². The summed E-state index contributed by atoms with van der Waals surface area (Å²) in [5, 5.41) is 9.85. The van der Waals surface area contributed by atoms with Crippen LogP contribution in [0.25, 0.3) is 0 Å². The number of hydrogen-bond donors (Lipinski definition) is 1. The van der Waals surface area contributed by atoms with Crippen LogP contribution in [0, 0.1) is 12.8 Å². The molecule has 5 heteroatoms. The Morgan fingerprint density at radius 1 is 1.37 bits per heavy atom. The number of benzene rings is 1. The van der Waals surface area contributed by atoms with Crippen molar-refractivity contribution in [3.8, 4) is 5.75 Å². The van der Waals surface area contributed by atoms with Crippen LogP contribution in [0.1, 0.15) is 37.3 Å². The van der Waals surface area contributed by atoms with Gasteiger partial charge in [0.15, 0.2) is 0 Å². The van der Waals surface area contributed by atoms with E-state index in [2.05, 4.69) is 11.9 Å². The Hall–Kier alpha value is 0.153. The number of phenols is 1. The molecule has 0 spiro atoms. The molecule has 0 saturated heterocycles. The molecule has 0 radical (unpaired) electrons. The van der Waals surface area contributed by atoms with Crippen LogP contribution < -0.4 is 0 Å². The number of aromatic hydroxyl groups is 1. The molecule has 1 aliphatic rings. The monoisotopic (exact) mass is 377 g/mol. The molecule has 19 heavy (non-hydrogen) atoms. The first-order valence-electron chi connectivity index (χ1n) is 6.38. The fraction of sp³-hybridized carbons (Fsp3) is 0.500. The molecule has 0 aromatic heterocycles. The zero-order valence-corrected chi connectivity index (χ0v) is 15.2. The van der Waals surface area contributed by atoms with Crippen molar-refractivity contribution in [1.29, 1.82) is 0 Å². The summed E-state index contributed by atoms with van der Waals surface area (Å²) in [6.45, 7) is 4.16. The molecule has 2 rings (SSSR count). The third-order valence-electron chi connectivity index (χ3n) is 3.49. The first kappa shape index (κ1) is 17.2. The average Bonchev–Trinajstić information content (AvgIpc) is 2.78. The van der Waals surface area contributed by atoms with Gasteiger partial charge in [0.1, 0.15) is 5.75 Å².